The van der Waals surface area contributed by atoms with Gasteiger partial charge in [0.05, 0.1) is 18.9 Å². The molecule has 20 heavy (non-hydrogen) atoms. The summed E-state index contributed by atoms with van der Waals surface area (Å²) in [4.78, 5) is 15.0. The predicted octanol–water partition coefficient (Wildman–Crippen LogP) is 1.88. The van der Waals surface area contributed by atoms with E-state index in [4.69, 9.17) is 15.6 Å². The fourth-order valence-corrected chi connectivity index (χ4v) is 1.99. The van der Waals surface area contributed by atoms with Gasteiger partial charge in [-0.25, -0.2) is 9.78 Å². The molecule has 0 amide bonds. The van der Waals surface area contributed by atoms with Crippen LogP contribution in [0.1, 0.15) is 15.9 Å². The second kappa shape index (κ2) is 6.02. The standard InChI is InChI=1S/C12H12N4O3S/c1-19-9-3-7(2-8(4-9)11(17)18)5-14-16-12-15-10(13)6-20-12/h2-6H,13H2,1H3,(H,15,16)(H,17,18). The first-order valence-electron chi connectivity index (χ1n) is 5.51. The van der Waals surface area contributed by atoms with Crippen LogP contribution in [0.25, 0.3) is 0 Å². The number of carboxylic acids is 1. The first-order valence-corrected chi connectivity index (χ1v) is 6.39. The van der Waals surface area contributed by atoms with Crippen molar-refractivity contribution in [3.05, 3.63) is 34.7 Å². The number of carboxylic acid groups (broad SMARTS) is 1. The molecule has 1 aromatic carbocycles. The average molecular weight is 292 g/mol. The molecule has 0 fully saturated rings. The van der Waals surface area contributed by atoms with E-state index in [9.17, 15) is 4.79 Å². The third kappa shape index (κ3) is 3.45. The molecule has 2 rings (SSSR count). The molecule has 8 heteroatoms. The van der Waals surface area contributed by atoms with Crippen LogP contribution in [0.2, 0.25) is 0 Å². The Morgan fingerprint density at radius 1 is 1.55 bits per heavy atom. The molecule has 0 saturated heterocycles. The van der Waals surface area contributed by atoms with Gasteiger partial charge in [0, 0.05) is 5.38 Å². The highest BCUT2D eigenvalue weighted by molar-refractivity contribution is 7.14. The molecule has 2 aromatic rings. The Balaban J connectivity index is 2.15. The van der Waals surface area contributed by atoms with Crippen LogP contribution in [0.4, 0.5) is 10.9 Å². The highest BCUT2D eigenvalue weighted by Crippen LogP contribution is 2.17. The molecule has 0 unspecified atom stereocenters. The Morgan fingerprint density at radius 3 is 2.95 bits per heavy atom. The molecule has 0 aliphatic heterocycles. The van der Waals surface area contributed by atoms with E-state index in [1.54, 1.807) is 11.4 Å². The van der Waals surface area contributed by atoms with Gasteiger partial charge in [-0.1, -0.05) is 0 Å². The van der Waals surface area contributed by atoms with E-state index in [0.717, 1.165) is 0 Å². The molecule has 0 bridgehead atoms. The lowest BCUT2D eigenvalue weighted by atomic mass is 10.1. The van der Waals surface area contributed by atoms with Crippen molar-refractivity contribution in [2.75, 3.05) is 18.3 Å². The van der Waals surface area contributed by atoms with Crippen LogP contribution in [-0.4, -0.2) is 29.4 Å². The minimum atomic E-state index is -1.03. The third-order valence-corrected chi connectivity index (χ3v) is 3.07. The second-order valence-corrected chi connectivity index (χ2v) is 4.61. The number of nitrogens with zero attached hydrogens (tertiary/aromatic N) is 2. The van der Waals surface area contributed by atoms with Crippen LogP contribution in [-0.2, 0) is 0 Å². The number of anilines is 2. The summed E-state index contributed by atoms with van der Waals surface area (Å²) in [5.74, 6) is -0.161. The lowest BCUT2D eigenvalue weighted by Gasteiger charge is -2.03. The van der Waals surface area contributed by atoms with Crippen molar-refractivity contribution in [2.45, 2.75) is 0 Å². The van der Waals surface area contributed by atoms with Crippen LogP contribution >= 0.6 is 11.3 Å². The third-order valence-electron chi connectivity index (χ3n) is 2.31. The van der Waals surface area contributed by atoms with E-state index in [1.807, 2.05) is 0 Å². The Kier molecular flexibility index (Phi) is 4.16. The molecule has 0 aliphatic rings. The lowest BCUT2D eigenvalue weighted by molar-refractivity contribution is 0.0696. The van der Waals surface area contributed by atoms with Gasteiger partial charge in [0.15, 0.2) is 0 Å². The zero-order valence-corrected chi connectivity index (χ0v) is 11.3. The zero-order valence-electron chi connectivity index (χ0n) is 10.5. The van der Waals surface area contributed by atoms with Crippen molar-refractivity contribution in [3.63, 3.8) is 0 Å². The van der Waals surface area contributed by atoms with E-state index in [1.165, 1.54) is 36.8 Å². The first-order chi connectivity index (χ1) is 9.58. The number of aromatic carboxylic acids is 1. The van der Waals surface area contributed by atoms with Crippen molar-refractivity contribution in [3.8, 4) is 5.75 Å². The Hall–Kier alpha value is -2.61. The number of rotatable bonds is 5. The molecule has 104 valence electrons. The van der Waals surface area contributed by atoms with Gasteiger partial charge < -0.3 is 15.6 Å². The summed E-state index contributed by atoms with van der Waals surface area (Å²) >= 11 is 1.32. The maximum atomic E-state index is 11.0. The van der Waals surface area contributed by atoms with Gasteiger partial charge in [-0.05, 0) is 23.8 Å². The summed E-state index contributed by atoms with van der Waals surface area (Å²) in [6.45, 7) is 0. The fraction of sp³-hybridized carbons (Fsp3) is 0.0833. The number of hydrazone groups is 1. The molecule has 7 nitrogen and oxygen atoms in total. The summed E-state index contributed by atoms with van der Waals surface area (Å²) < 4.78 is 5.04. The first kappa shape index (κ1) is 13.8. The average Bonchev–Trinajstić information content (AvgIpc) is 2.84. The number of carbonyl (C=O) groups is 1. The molecule has 1 aromatic heterocycles. The lowest BCUT2D eigenvalue weighted by Crippen LogP contribution is -1.99. The van der Waals surface area contributed by atoms with Gasteiger partial charge in [0.2, 0.25) is 5.13 Å². The minimum absolute atomic E-state index is 0.129. The van der Waals surface area contributed by atoms with E-state index >= 15 is 0 Å². The number of nitrogens with one attached hydrogen (secondary N) is 1. The summed E-state index contributed by atoms with van der Waals surface area (Å²) in [5.41, 5.74) is 8.91. The number of nitrogen functional groups attached to an aromatic ring is 1. The quantitative estimate of drug-likeness (QED) is 0.573. The summed E-state index contributed by atoms with van der Waals surface area (Å²) in [5, 5.41) is 15.2. The predicted molar refractivity (Wildman–Crippen MR) is 77.7 cm³/mol. The zero-order chi connectivity index (χ0) is 14.5. The SMILES string of the molecule is COc1cc(C=NNc2nc(N)cs2)cc(C(=O)O)c1. The fourth-order valence-electron chi connectivity index (χ4n) is 1.44. The number of aromatic nitrogens is 1. The van der Waals surface area contributed by atoms with Crippen molar-refractivity contribution in [2.24, 2.45) is 5.10 Å². The largest absolute Gasteiger partial charge is 0.497 e. The maximum Gasteiger partial charge on any atom is 0.335 e. The molecule has 1 heterocycles. The van der Waals surface area contributed by atoms with Crippen LogP contribution in [0.3, 0.4) is 0 Å². The summed E-state index contributed by atoms with van der Waals surface area (Å²) in [7, 11) is 1.47. The number of hydrogen-bond acceptors (Lipinski definition) is 7. The normalized spacial score (nSPS) is 10.7. The van der Waals surface area contributed by atoms with Crippen LogP contribution in [0, 0.1) is 0 Å². The molecule has 0 radical (unpaired) electrons. The molecule has 0 saturated carbocycles. The summed E-state index contributed by atoms with van der Waals surface area (Å²) in [6.07, 6.45) is 1.48. The van der Waals surface area contributed by atoms with E-state index in [-0.39, 0.29) is 5.56 Å². The topological polar surface area (TPSA) is 110 Å². The monoisotopic (exact) mass is 292 g/mol. The molecular weight excluding hydrogens is 280 g/mol. The number of methoxy groups -OCH3 is 1. The number of benzene rings is 1. The highest BCUT2D eigenvalue weighted by atomic mass is 32.1. The van der Waals surface area contributed by atoms with E-state index in [0.29, 0.717) is 22.3 Å². The Bertz CT molecular complexity index is 654. The molecule has 4 N–H and O–H groups in total. The molecule has 0 aliphatic carbocycles. The van der Waals surface area contributed by atoms with E-state index in [2.05, 4.69) is 15.5 Å². The highest BCUT2D eigenvalue weighted by Gasteiger charge is 2.06. The van der Waals surface area contributed by atoms with Crippen molar-refractivity contribution in [1.82, 2.24) is 4.98 Å². The maximum absolute atomic E-state index is 11.0. The van der Waals surface area contributed by atoms with Gasteiger partial charge >= 0.3 is 5.97 Å². The number of thiazole rings is 1. The van der Waals surface area contributed by atoms with Crippen LogP contribution < -0.4 is 15.9 Å². The van der Waals surface area contributed by atoms with Crippen molar-refractivity contribution in [1.29, 1.82) is 0 Å². The smallest absolute Gasteiger partial charge is 0.335 e. The molecule has 0 atom stereocenters. The number of hydrogen-bond donors (Lipinski definition) is 3. The number of nitrogens with two attached hydrogens (primary N) is 1. The van der Waals surface area contributed by atoms with Gasteiger partial charge in [-0.3, -0.25) is 5.43 Å². The van der Waals surface area contributed by atoms with E-state index < -0.39 is 5.97 Å². The van der Waals surface area contributed by atoms with Crippen molar-refractivity contribution < 1.29 is 14.6 Å². The van der Waals surface area contributed by atoms with Crippen molar-refractivity contribution >= 4 is 34.5 Å². The van der Waals surface area contributed by atoms with Crippen LogP contribution in [0.5, 0.6) is 5.75 Å². The summed E-state index contributed by atoms with van der Waals surface area (Å²) in [6, 6.07) is 4.61. The van der Waals surface area contributed by atoms with Gasteiger partial charge in [0.25, 0.3) is 0 Å². The minimum Gasteiger partial charge on any atom is -0.497 e. The molecule has 0 spiro atoms. The Labute approximate surface area is 118 Å². The second-order valence-electron chi connectivity index (χ2n) is 3.75. The molecular formula is C12H12N4O3S. The van der Waals surface area contributed by atoms with Gasteiger partial charge in [-0.2, -0.15) is 5.10 Å². The van der Waals surface area contributed by atoms with Gasteiger partial charge in [0.1, 0.15) is 11.6 Å². The number of ether oxygens (including phenoxy) is 1. The van der Waals surface area contributed by atoms with Crippen LogP contribution in [0.15, 0.2) is 28.7 Å². The Morgan fingerprint density at radius 2 is 2.35 bits per heavy atom. The van der Waals surface area contributed by atoms with Gasteiger partial charge in [-0.15, -0.1) is 11.3 Å².